The van der Waals surface area contributed by atoms with E-state index in [9.17, 15) is 27.9 Å². The summed E-state index contributed by atoms with van der Waals surface area (Å²) < 4.78 is 43.6. The van der Waals surface area contributed by atoms with Gasteiger partial charge in [0.15, 0.2) is 6.61 Å². The number of esters is 1. The van der Waals surface area contributed by atoms with Gasteiger partial charge in [0.25, 0.3) is 0 Å². The number of benzene rings is 1. The number of phenolic OH excluding ortho intramolecular Hbond substituents is 1. The number of alkyl halides is 3. The second-order valence-corrected chi connectivity index (χ2v) is 5.50. The number of nitrogens with zero attached hydrogens (tertiary/aromatic N) is 1. The zero-order valence-corrected chi connectivity index (χ0v) is 13.6. The largest absolute Gasteiger partial charge is 0.507 e. The number of ketones is 1. The van der Waals surface area contributed by atoms with E-state index >= 15 is 0 Å². The highest BCUT2D eigenvalue weighted by molar-refractivity contribution is 6.00. The topological polar surface area (TPSA) is 68.5 Å². The summed E-state index contributed by atoms with van der Waals surface area (Å²) in [5, 5.41) is 9.56. The molecule has 0 bridgehead atoms. The lowest BCUT2D eigenvalue weighted by Crippen LogP contribution is -2.20. The number of para-hydroxylation sites is 1. The number of rotatable bonds is 5. The van der Waals surface area contributed by atoms with Gasteiger partial charge in [0.2, 0.25) is 5.78 Å². The number of halogens is 3. The number of Topliss-reactive ketones (excluding diaryl/α,β-unsaturated/α-hetero) is 1. The van der Waals surface area contributed by atoms with E-state index in [0.717, 1.165) is 4.57 Å². The van der Waals surface area contributed by atoms with Crippen molar-refractivity contribution in [2.24, 2.45) is 0 Å². The average Bonchev–Trinajstić information content (AvgIpc) is 2.79. The van der Waals surface area contributed by atoms with Crippen LogP contribution in [0, 0.1) is 13.8 Å². The molecule has 134 valence electrons. The van der Waals surface area contributed by atoms with Crippen molar-refractivity contribution in [3.8, 4) is 5.75 Å². The fourth-order valence-corrected chi connectivity index (χ4v) is 2.44. The van der Waals surface area contributed by atoms with Crippen molar-refractivity contribution in [3.05, 3.63) is 52.8 Å². The molecule has 1 heterocycles. The van der Waals surface area contributed by atoms with Gasteiger partial charge in [-0.05, 0) is 32.0 Å². The number of aryl methyl sites for hydroxylation is 1. The number of ether oxygens (including phenoxy) is 1. The van der Waals surface area contributed by atoms with Gasteiger partial charge < -0.3 is 14.4 Å². The number of phenols is 1. The number of hydrogen-bond acceptors (Lipinski definition) is 4. The third-order valence-corrected chi connectivity index (χ3v) is 3.67. The fourth-order valence-electron chi connectivity index (χ4n) is 2.44. The molecule has 0 aliphatic heterocycles. The Labute approximate surface area is 141 Å². The molecule has 8 heteroatoms. The van der Waals surface area contributed by atoms with E-state index in [0.29, 0.717) is 0 Å². The number of aromatic nitrogens is 1. The molecule has 1 N–H and O–H groups in total. The number of hydrogen-bond donors (Lipinski definition) is 1. The Morgan fingerprint density at radius 1 is 1.16 bits per heavy atom. The Bertz CT molecular complexity index is 809. The van der Waals surface area contributed by atoms with Gasteiger partial charge in [0, 0.05) is 17.0 Å². The SMILES string of the molecule is Cc1cc(C(=O)COC(=O)c2ccccc2O)c(C)n1CC(F)(F)F. The molecule has 0 saturated carbocycles. The van der Waals surface area contributed by atoms with Crippen molar-refractivity contribution in [1.82, 2.24) is 4.57 Å². The van der Waals surface area contributed by atoms with Crippen LogP contribution in [-0.2, 0) is 11.3 Å². The van der Waals surface area contributed by atoms with Crippen LogP contribution in [0.3, 0.4) is 0 Å². The molecule has 1 aromatic carbocycles. The van der Waals surface area contributed by atoms with E-state index in [2.05, 4.69) is 0 Å². The Balaban J connectivity index is 2.10. The normalized spacial score (nSPS) is 11.4. The summed E-state index contributed by atoms with van der Waals surface area (Å²) in [7, 11) is 0. The maximum Gasteiger partial charge on any atom is 0.406 e. The molecule has 0 aliphatic rings. The van der Waals surface area contributed by atoms with Crippen molar-refractivity contribution in [1.29, 1.82) is 0 Å². The minimum Gasteiger partial charge on any atom is -0.507 e. The molecule has 0 saturated heterocycles. The Kier molecular flexibility index (Phi) is 5.20. The fraction of sp³-hybridized carbons (Fsp3) is 0.294. The maximum atomic E-state index is 12.6. The highest BCUT2D eigenvalue weighted by Gasteiger charge is 2.30. The van der Waals surface area contributed by atoms with Gasteiger partial charge in [-0.25, -0.2) is 4.79 Å². The van der Waals surface area contributed by atoms with Crippen molar-refractivity contribution >= 4 is 11.8 Å². The van der Waals surface area contributed by atoms with Gasteiger partial charge in [0.1, 0.15) is 17.9 Å². The molecule has 5 nitrogen and oxygen atoms in total. The molecule has 0 atom stereocenters. The van der Waals surface area contributed by atoms with Crippen LogP contribution in [0.1, 0.15) is 32.1 Å². The smallest absolute Gasteiger partial charge is 0.406 e. The van der Waals surface area contributed by atoms with Crippen LogP contribution in [0.15, 0.2) is 30.3 Å². The number of aromatic hydroxyl groups is 1. The summed E-state index contributed by atoms with van der Waals surface area (Å²) in [6.45, 7) is 1.03. The summed E-state index contributed by atoms with van der Waals surface area (Å²) >= 11 is 0. The molecule has 0 aliphatic carbocycles. The van der Waals surface area contributed by atoms with Crippen LogP contribution in [0.5, 0.6) is 5.75 Å². The van der Waals surface area contributed by atoms with Crippen LogP contribution in [0.4, 0.5) is 13.2 Å². The highest BCUT2D eigenvalue weighted by atomic mass is 19.4. The molecule has 1 aromatic heterocycles. The van der Waals surface area contributed by atoms with Crippen LogP contribution >= 0.6 is 0 Å². The van der Waals surface area contributed by atoms with E-state index in [-0.39, 0.29) is 28.3 Å². The third kappa shape index (κ3) is 4.40. The third-order valence-electron chi connectivity index (χ3n) is 3.67. The van der Waals surface area contributed by atoms with Crippen LogP contribution < -0.4 is 0 Å². The summed E-state index contributed by atoms with van der Waals surface area (Å²) in [6, 6.07) is 6.99. The Morgan fingerprint density at radius 2 is 1.80 bits per heavy atom. The molecule has 0 amide bonds. The van der Waals surface area contributed by atoms with Gasteiger partial charge in [-0.15, -0.1) is 0 Å². The zero-order chi connectivity index (χ0) is 18.8. The van der Waals surface area contributed by atoms with Crippen molar-refractivity contribution in [3.63, 3.8) is 0 Å². The van der Waals surface area contributed by atoms with Gasteiger partial charge in [0.05, 0.1) is 0 Å². The Morgan fingerprint density at radius 3 is 2.40 bits per heavy atom. The lowest BCUT2D eigenvalue weighted by molar-refractivity contribution is -0.141. The van der Waals surface area contributed by atoms with Crippen molar-refractivity contribution in [2.75, 3.05) is 6.61 Å². The summed E-state index contributed by atoms with van der Waals surface area (Å²) in [5.74, 6) is -1.80. The van der Waals surface area contributed by atoms with E-state index in [1.54, 1.807) is 0 Å². The monoisotopic (exact) mass is 355 g/mol. The van der Waals surface area contributed by atoms with Crippen LogP contribution in [0.25, 0.3) is 0 Å². The summed E-state index contributed by atoms with van der Waals surface area (Å²) in [6.07, 6.45) is -4.41. The molecular formula is C17H16F3NO4. The molecule has 2 rings (SSSR count). The van der Waals surface area contributed by atoms with E-state index in [1.165, 1.54) is 44.2 Å². The maximum absolute atomic E-state index is 12.6. The van der Waals surface area contributed by atoms with Crippen molar-refractivity contribution < 1.29 is 32.6 Å². The van der Waals surface area contributed by atoms with Crippen LogP contribution in [-0.4, -0.2) is 34.2 Å². The minimum absolute atomic E-state index is 0.0619. The Hall–Kier alpha value is -2.77. The van der Waals surface area contributed by atoms with Crippen molar-refractivity contribution in [2.45, 2.75) is 26.6 Å². The predicted octanol–water partition coefficient (Wildman–Crippen LogP) is 3.41. The molecule has 0 radical (unpaired) electrons. The molecule has 0 spiro atoms. The number of carbonyl (C=O) groups excluding carboxylic acids is 2. The van der Waals surface area contributed by atoms with Gasteiger partial charge in [-0.3, -0.25) is 4.79 Å². The van der Waals surface area contributed by atoms with E-state index in [4.69, 9.17) is 4.74 Å². The molecule has 2 aromatic rings. The standard InChI is InChI=1S/C17H16F3NO4/c1-10-7-13(11(2)21(10)9-17(18,19)20)15(23)8-25-16(24)12-5-3-4-6-14(12)22/h3-7,22H,8-9H2,1-2H3. The first-order chi connectivity index (χ1) is 11.6. The highest BCUT2D eigenvalue weighted by Crippen LogP contribution is 2.23. The molecule has 25 heavy (non-hydrogen) atoms. The number of carbonyl (C=O) groups is 2. The van der Waals surface area contributed by atoms with E-state index < -0.39 is 31.1 Å². The first-order valence-electron chi connectivity index (χ1n) is 7.32. The summed E-state index contributed by atoms with van der Waals surface area (Å²) in [4.78, 5) is 24.0. The minimum atomic E-state index is -4.41. The van der Waals surface area contributed by atoms with Crippen LogP contribution in [0.2, 0.25) is 0 Å². The average molecular weight is 355 g/mol. The second kappa shape index (κ2) is 7.00. The molecule has 0 unspecified atom stereocenters. The lowest BCUT2D eigenvalue weighted by Gasteiger charge is -2.12. The van der Waals surface area contributed by atoms with Gasteiger partial charge in [-0.2, -0.15) is 13.2 Å². The first-order valence-corrected chi connectivity index (χ1v) is 7.32. The van der Waals surface area contributed by atoms with Gasteiger partial charge in [-0.1, -0.05) is 12.1 Å². The molecule has 0 fully saturated rings. The van der Waals surface area contributed by atoms with E-state index in [1.807, 2.05) is 0 Å². The lowest BCUT2D eigenvalue weighted by atomic mass is 10.1. The first kappa shape index (κ1) is 18.6. The summed E-state index contributed by atoms with van der Waals surface area (Å²) in [5.41, 5.74) is 0.397. The predicted molar refractivity (Wildman–Crippen MR) is 82.7 cm³/mol. The van der Waals surface area contributed by atoms with Gasteiger partial charge >= 0.3 is 12.1 Å². The zero-order valence-electron chi connectivity index (χ0n) is 13.6. The quantitative estimate of drug-likeness (QED) is 0.659. The second-order valence-electron chi connectivity index (χ2n) is 5.50. The molecular weight excluding hydrogens is 339 g/mol.